The summed E-state index contributed by atoms with van der Waals surface area (Å²) in [5.41, 5.74) is 1.50. The minimum absolute atomic E-state index is 0.0434. The van der Waals surface area contributed by atoms with Crippen LogP contribution in [0.5, 0.6) is 0 Å². The third-order valence-corrected chi connectivity index (χ3v) is 3.33. The molecule has 1 aromatic heterocycles. The van der Waals surface area contributed by atoms with E-state index in [1.807, 2.05) is 30.3 Å². The molecule has 0 saturated carbocycles. The molecule has 0 atom stereocenters. The Bertz CT molecular complexity index is 573. The SMILES string of the molecule is FC(F)(F)C1CN(Cc2cnn(-c3ccccc3)n2)C1. The lowest BCUT2D eigenvalue weighted by Gasteiger charge is -2.39. The van der Waals surface area contributed by atoms with Crippen molar-refractivity contribution in [2.45, 2.75) is 12.7 Å². The summed E-state index contributed by atoms with van der Waals surface area (Å²) in [4.78, 5) is 3.20. The van der Waals surface area contributed by atoms with E-state index in [-0.39, 0.29) is 13.1 Å². The van der Waals surface area contributed by atoms with Crippen LogP contribution in [-0.2, 0) is 6.54 Å². The molecule has 4 nitrogen and oxygen atoms in total. The zero-order valence-corrected chi connectivity index (χ0v) is 10.6. The number of aromatic nitrogens is 3. The van der Waals surface area contributed by atoms with Crippen LogP contribution in [0, 0.1) is 5.92 Å². The average molecular weight is 282 g/mol. The van der Waals surface area contributed by atoms with Gasteiger partial charge in [0.15, 0.2) is 0 Å². The van der Waals surface area contributed by atoms with Crippen molar-refractivity contribution < 1.29 is 13.2 Å². The molecule has 7 heteroatoms. The predicted octanol–water partition coefficient (Wildman–Crippen LogP) is 2.26. The van der Waals surface area contributed by atoms with Gasteiger partial charge in [-0.3, -0.25) is 4.90 Å². The van der Waals surface area contributed by atoms with Crippen molar-refractivity contribution in [3.8, 4) is 5.69 Å². The molecule has 1 saturated heterocycles. The standard InChI is InChI=1S/C13H13F3N4/c14-13(15,16)10-7-19(8-10)9-11-6-17-20(18-11)12-4-2-1-3-5-12/h1-6,10H,7-9H2. The van der Waals surface area contributed by atoms with Crippen molar-refractivity contribution in [1.82, 2.24) is 19.9 Å². The van der Waals surface area contributed by atoms with Gasteiger partial charge in [0.25, 0.3) is 0 Å². The van der Waals surface area contributed by atoms with E-state index in [1.165, 1.54) is 4.80 Å². The quantitative estimate of drug-likeness (QED) is 0.866. The predicted molar refractivity (Wildman–Crippen MR) is 66.2 cm³/mol. The molecule has 1 aliphatic heterocycles. The smallest absolute Gasteiger partial charge is 0.296 e. The van der Waals surface area contributed by atoms with Gasteiger partial charge in [-0.1, -0.05) is 18.2 Å². The number of benzene rings is 1. The van der Waals surface area contributed by atoms with Gasteiger partial charge in [0, 0.05) is 19.6 Å². The fraction of sp³-hybridized carbons (Fsp3) is 0.385. The maximum Gasteiger partial charge on any atom is 0.394 e. The highest BCUT2D eigenvalue weighted by molar-refractivity contribution is 5.28. The lowest BCUT2D eigenvalue weighted by atomic mass is 10.00. The number of nitrogens with zero attached hydrogens (tertiary/aromatic N) is 4. The first-order chi connectivity index (χ1) is 9.52. The average Bonchev–Trinajstić information content (AvgIpc) is 2.81. The van der Waals surface area contributed by atoms with Gasteiger partial charge in [0.2, 0.25) is 0 Å². The molecular weight excluding hydrogens is 269 g/mol. The molecule has 1 aliphatic rings. The van der Waals surface area contributed by atoms with E-state index in [2.05, 4.69) is 10.2 Å². The van der Waals surface area contributed by atoms with E-state index in [0.717, 1.165) is 5.69 Å². The summed E-state index contributed by atoms with van der Waals surface area (Å²) < 4.78 is 37.1. The van der Waals surface area contributed by atoms with Crippen molar-refractivity contribution in [3.63, 3.8) is 0 Å². The summed E-state index contributed by atoms with van der Waals surface area (Å²) in [6, 6.07) is 9.38. The Balaban J connectivity index is 1.60. The minimum Gasteiger partial charge on any atom is -0.296 e. The number of para-hydroxylation sites is 1. The molecule has 0 unspecified atom stereocenters. The summed E-state index contributed by atoms with van der Waals surface area (Å²) in [6.45, 7) is 0.489. The van der Waals surface area contributed by atoms with Crippen LogP contribution in [0.25, 0.3) is 5.69 Å². The van der Waals surface area contributed by atoms with Gasteiger partial charge in [-0.25, -0.2) is 0 Å². The van der Waals surface area contributed by atoms with E-state index < -0.39 is 12.1 Å². The number of rotatable bonds is 3. The van der Waals surface area contributed by atoms with Gasteiger partial charge in [0.05, 0.1) is 23.5 Å². The van der Waals surface area contributed by atoms with Gasteiger partial charge < -0.3 is 0 Å². The molecule has 0 aliphatic carbocycles. The van der Waals surface area contributed by atoms with Crippen molar-refractivity contribution in [2.24, 2.45) is 5.92 Å². The van der Waals surface area contributed by atoms with Crippen molar-refractivity contribution in [2.75, 3.05) is 13.1 Å². The second kappa shape index (κ2) is 4.90. The van der Waals surface area contributed by atoms with Crippen molar-refractivity contribution >= 4 is 0 Å². The van der Waals surface area contributed by atoms with Gasteiger partial charge in [0.1, 0.15) is 0 Å². The zero-order chi connectivity index (χ0) is 14.2. The molecule has 0 N–H and O–H groups in total. The van der Waals surface area contributed by atoms with Crippen LogP contribution in [0.4, 0.5) is 13.2 Å². The van der Waals surface area contributed by atoms with Crippen molar-refractivity contribution in [3.05, 3.63) is 42.2 Å². The Morgan fingerprint density at radius 3 is 2.50 bits per heavy atom. The summed E-state index contributed by atoms with van der Waals surface area (Å²) in [6.07, 6.45) is -2.49. The topological polar surface area (TPSA) is 34.0 Å². The molecule has 0 spiro atoms. The number of likely N-dealkylation sites (tertiary alicyclic amines) is 1. The lowest BCUT2D eigenvalue weighted by molar-refractivity contribution is -0.210. The molecule has 1 fully saturated rings. The first-order valence-corrected chi connectivity index (χ1v) is 6.28. The zero-order valence-electron chi connectivity index (χ0n) is 10.6. The molecule has 2 aromatic rings. The fourth-order valence-electron chi connectivity index (χ4n) is 2.19. The van der Waals surface area contributed by atoms with Crippen LogP contribution >= 0.6 is 0 Å². The summed E-state index contributed by atoms with van der Waals surface area (Å²) in [5.74, 6) is -1.20. The summed E-state index contributed by atoms with van der Waals surface area (Å²) in [5, 5.41) is 8.39. The monoisotopic (exact) mass is 282 g/mol. The van der Waals surface area contributed by atoms with E-state index in [1.54, 1.807) is 11.1 Å². The molecular formula is C13H13F3N4. The third kappa shape index (κ3) is 2.67. The fourth-order valence-corrected chi connectivity index (χ4v) is 2.19. The van der Waals surface area contributed by atoms with Crippen LogP contribution < -0.4 is 0 Å². The minimum atomic E-state index is -4.09. The number of hydrogen-bond acceptors (Lipinski definition) is 3. The maximum atomic E-state index is 12.4. The third-order valence-electron chi connectivity index (χ3n) is 3.33. The van der Waals surface area contributed by atoms with Crippen LogP contribution in [0.2, 0.25) is 0 Å². The normalized spacial score (nSPS) is 17.1. The molecule has 3 rings (SSSR count). The largest absolute Gasteiger partial charge is 0.394 e. The van der Waals surface area contributed by atoms with Crippen molar-refractivity contribution in [1.29, 1.82) is 0 Å². The van der Waals surface area contributed by atoms with Gasteiger partial charge >= 0.3 is 6.18 Å². The Kier molecular flexibility index (Phi) is 3.21. The van der Waals surface area contributed by atoms with Crippen LogP contribution in [0.3, 0.4) is 0 Å². The number of hydrogen-bond donors (Lipinski definition) is 0. The molecule has 1 aromatic carbocycles. The highest BCUT2D eigenvalue weighted by Gasteiger charge is 2.46. The maximum absolute atomic E-state index is 12.4. The Hall–Kier alpha value is -1.89. The van der Waals surface area contributed by atoms with E-state index in [0.29, 0.717) is 12.2 Å². The summed E-state index contributed by atoms with van der Waals surface area (Å²) in [7, 11) is 0. The highest BCUT2D eigenvalue weighted by atomic mass is 19.4. The molecule has 0 bridgehead atoms. The van der Waals surface area contributed by atoms with Crippen LogP contribution in [-0.4, -0.2) is 39.2 Å². The highest BCUT2D eigenvalue weighted by Crippen LogP contribution is 2.33. The van der Waals surface area contributed by atoms with E-state index in [9.17, 15) is 13.2 Å². The molecule has 2 heterocycles. The van der Waals surface area contributed by atoms with Crippen LogP contribution in [0.15, 0.2) is 36.5 Å². The molecule has 0 radical (unpaired) electrons. The molecule has 20 heavy (non-hydrogen) atoms. The Labute approximate surface area is 113 Å². The molecule has 106 valence electrons. The van der Waals surface area contributed by atoms with E-state index >= 15 is 0 Å². The number of halogens is 3. The second-order valence-electron chi connectivity index (χ2n) is 4.89. The van der Waals surface area contributed by atoms with Crippen LogP contribution in [0.1, 0.15) is 5.69 Å². The lowest BCUT2D eigenvalue weighted by Crippen LogP contribution is -2.52. The first-order valence-electron chi connectivity index (χ1n) is 6.28. The van der Waals surface area contributed by atoms with Gasteiger partial charge in [-0.2, -0.15) is 28.2 Å². The summed E-state index contributed by atoms with van der Waals surface area (Å²) >= 11 is 0. The van der Waals surface area contributed by atoms with E-state index in [4.69, 9.17) is 0 Å². The Morgan fingerprint density at radius 2 is 1.85 bits per heavy atom. The van der Waals surface area contributed by atoms with Gasteiger partial charge in [-0.05, 0) is 12.1 Å². The molecule has 0 amide bonds. The Morgan fingerprint density at radius 1 is 1.15 bits per heavy atom. The second-order valence-corrected chi connectivity index (χ2v) is 4.89. The van der Waals surface area contributed by atoms with Gasteiger partial charge in [-0.15, -0.1) is 0 Å². The number of alkyl halides is 3. The first kappa shape index (κ1) is 13.1.